The van der Waals surface area contributed by atoms with Crippen LogP contribution >= 0.6 is 11.6 Å². The fourth-order valence-electron chi connectivity index (χ4n) is 2.24. The smallest absolute Gasteiger partial charge is 0.137 e. The molecule has 0 aromatic heterocycles. The Morgan fingerprint density at radius 1 is 1.41 bits per heavy atom. The summed E-state index contributed by atoms with van der Waals surface area (Å²) in [4.78, 5) is 0. The van der Waals surface area contributed by atoms with Crippen LogP contribution in [0, 0.1) is 5.92 Å². The molecule has 1 aromatic rings. The lowest BCUT2D eigenvalue weighted by molar-refractivity contribution is 0.0584. The molecule has 94 valence electrons. The molecule has 17 heavy (non-hydrogen) atoms. The van der Waals surface area contributed by atoms with Gasteiger partial charge in [0.1, 0.15) is 5.75 Å². The topological polar surface area (TPSA) is 44.5 Å². The molecule has 1 aliphatic heterocycles. The summed E-state index contributed by atoms with van der Waals surface area (Å²) < 4.78 is 10.5. The first-order valence-corrected chi connectivity index (χ1v) is 6.27. The van der Waals surface area contributed by atoms with Crippen molar-refractivity contribution >= 4 is 11.6 Å². The van der Waals surface area contributed by atoms with Gasteiger partial charge in [0.15, 0.2) is 0 Å². The summed E-state index contributed by atoms with van der Waals surface area (Å²) >= 11 is 6.11. The minimum atomic E-state index is 0.0299. The summed E-state index contributed by atoms with van der Waals surface area (Å²) in [6.07, 6.45) is 2.04. The van der Waals surface area contributed by atoms with Crippen LogP contribution in [0.25, 0.3) is 0 Å². The average Bonchev–Trinajstić information content (AvgIpc) is 2.39. The van der Waals surface area contributed by atoms with Crippen LogP contribution < -0.4 is 10.5 Å². The molecule has 3 nitrogen and oxygen atoms in total. The Balaban J connectivity index is 2.12. The lowest BCUT2D eigenvalue weighted by Gasteiger charge is -2.28. The Hall–Kier alpha value is -0.770. The van der Waals surface area contributed by atoms with E-state index >= 15 is 0 Å². The van der Waals surface area contributed by atoms with Crippen molar-refractivity contribution < 1.29 is 9.47 Å². The van der Waals surface area contributed by atoms with Gasteiger partial charge < -0.3 is 15.2 Å². The summed E-state index contributed by atoms with van der Waals surface area (Å²) in [5, 5.41) is 0.618. The van der Waals surface area contributed by atoms with Crippen molar-refractivity contribution in [3.05, 3.63) is 28.8 Å². The van der Waals surface area contributed by atoms with Gasteiger partial charge in [0, 0.05) is 19.3 Å². The molecular weight excluding hydrogens is 238 g/mol. The highest BCUT2D eigenvalue weighted by Crippen LogP contribution is 2.32. The number of halogens is 1. The van der Waals surface area contributed by atoms with Gasteiger partial charge in [-0.1, -0.05) is 17.7 Å². The van der Waals surface area contributed by atoms with Crippen molar-refractivity contribution in [2.75, 3.05) is 20.3 Å². The van der Waals surface area contributed by atoms with Crippen LogP contribution in [0.3, 0.4) is 0 Å². The van der Waals surface area contributed by atoms with Crippen molar-refractivity contribution in [3.8, 4) is 5.75 Å². The maximum Gasteiger partial charge on any atom is 0.137 e. The molecule has 1 saturated heterocycles. The molecule has 1 aliphatic rings. The summed E-state index contributed by atoms with van der Waals surface area (Å²) in [5.74, 6) is 1.17. The number of hydrogen-bond acceptors (Lipinski definition) is 3. The quantitative estimate of drug-likeness (QED) is 0.903. The fraction of sp³-hybridized carbons (Fsp3) is 0.538. The van der Waals surface area contributed by atoms with Crippen LogP contribution in [0.2, 0.25) is 5.02 Å². The van der Waals surface area contributed by atoms with Gasteiger partial charge >= 0.3 is 0 Å². The van der Waals surface area contributed by atoms with E-state index in [0.29, 0.717) is 16.7 Å². The monoisotopic (exact) mass is 255 g/mol. The predicted octanol–water partition coefficient (Wildman–Crippen LogP) is 2.78. The summed E-state index contributed by atoms with van der Waals surface area (Å²) in [7, 11) is 1.61. The fourth-order valence-corrected chi connectivity index (χ4v) is 2.50. The van der Waals surface area contributed by atoms with Gasteiger partial charge in [-0.05, 0) is 36.5 Å². The molecule has 0 bridgehead atoms. The molecule has 1 heterocycles. The number of ether oxygens (including phenoxy) is 2. The van der Waals surface area contributed by atoms with E-state index in [1.54, 1.807) is 7.11 Å². The van der Waals surface area contributed by atoms with Crippen LogP contribution in [0.4, 0.5) is 0 Å². The minimum Gasteiger partial charge on any atom is -0.495 e. The molecule has 1 aromatic carbocycles. The van der Waals surface area contributed by atoms with E-state index in [4.69, 9.17) is 26.8 Å². The number of hydrogen-bond donors (Lipinski definition) is 1. The van der Waals surface area contributed by atoms with Crippen molar-refractivity contribution in [1.29, 1.82) is 0 Å². The van der Waals surface area contributed by atoms with Crippen molar-refractivity contribution in [1.82, 2.24) is 0 Å². The van der Waals surface area contributed by atoms with Crippen LogP contribution in [0.5, 0.6) is 5.75 Å². The molecule has 2 N–H and O–H groups in total. The van der Waals surface area contributed by atoms with Gasteiger partial charge in [-0.3, -0.25) is 0 Å². The third-order valence-corrected chi connectivity index (χ3v) is 3.63. The maximum atomic E-state index is 6.28. The van der Waals surface area contributed by atoms with E-state index in [0.717, 1.165) is 31.6 Å². The Bertz CT molecular complexity index is 378. The van der Waals surface area contributed by atoms with E-state index in [9.17, 15) is 0 Å². The van der Waals surface area contributed by atoms with E-state index in [1.165, 1.54) is 0 Å². The molecule has 0 amide bonds. The van der Waals surface area contributed by atoms with Crippen LogP contribution in [0.1, 0.15) is 24.4 Å². The molecule has 4 heteroatoms. The Morgan fingerprint density at radius 3 is 2.71 bits per heavy atom. The van der Waals surface area contributed by atoms with Crippen molar-refractivity contribution in [3.63, 3.8) is 0 Å². The van der Waals surface area contributed by atoms with Crippen molar-refractivity contribution in [2.45, 2.75) is 18.9 Å². The predicted molar refractivity (Wildman–Crippen MR) is 68.5 cm³/mol. The molecule has 2 rings (SSSR count). The zero-order valence-electron chi connectivity index (χ0n) is 9.99. The first-order valence-electron chi connectivity index (χ1n) is 5.89. The van der Waals surface area contributed by atoms with Gasteiger partial charge in [0.05, 0.1) is 12.1 Å². The molecule has 0 radical (unpaired) electrons. The summed E-state index contributed by atoms with van der Waals surface area (Å²) in [6, 6.07) is 5.80. The minimum absolute atomic E-state index is 0.0299. The van der Waals surface area contributed by atoms with Crippen LogP contribution in [0.15, 0.2) is 18.2 Å². The zero-order chi connectivity index (χ0) is 12.3. The second-order valence-corrected chi connectivity index (χ2v) is 4.78. The molecule has 0 spiro atoms. The van der Waals surface area contributed by atoms with Gasteiger partial charge in [-0.2, -0.15) is 0 Å². The van der Waals surface area contributed by atoms with Gasteiger partial charge in [0.2, 0.25) is 0 Å². The third kappa shape index (κ3) is 2.92. The Kier molecular flexibility index (Phi) is 4.26. The molecule has 0 saturated carbocycles. The van der Waals surface area contributed by atoms with Crippen LogP contribution in [-0.2, 0) is 4.74 Å². The van der Waals surface area contributed by atoms with Gasteiger partial charge in [-0.25, -0.2) is 0 Å². The first kappa shape index (κ1) is 12.7. The standard InChI is InChI=1S/C13H18ClNO2/c1-16-12-3-2-10(8-11(12)14)13(15)9-4-6-17-7-5-9/h2-3,8-9,13H,4-7,15H2,1H3. The SMILES string of the molecule is COc1ccc(C(N)C2CCOCC2)cc1Cl. The van der Waals surface area contributed by atoms with Gasteiger partial charge in [0.25, 0.3) is 0 Å². The van der Waals surface area contributed by atoms with Gasteiger partial charge in [-0.15, -0.1) is 0 Å². The number of rotatable bonds is 3. The lowest BCUT2D eigenvalue weighted by atomic mass is 9.88. The number of nitrogens with two attached hydrogens (primary N) is 1. The molecule has 1 atom stereocenters. The van der Waals surface area contributed by atoms with E-state index < -0.39 is 0 Å². The first-order chi connectivity index (χ1) is 8.22. The zero-order valence-corrected chi connectivity index (χ0v) is 10.7. The highest BCUT2D eigenvalue weighted by atomic mass is 35.5. The molecule has 1 unspecified atom stereocenters. The summed E-state index contributed by atoms with van der Waals surface area (Å²) in [5.41, 5.74) is 7.35. The van der Waals surface area contributed by atoms with Crippen LogP contribution in [-0.4, -0.2) is 20.3 Å². The molecule has 0 aliphatic carbocycles. The lowest BCUT2D eigenvalue weighted by Crippen LogP contribution is -2.27. The molecular formula is C13H18ClNO2. The second-order valence-electron chi connectivity index (χ2n) is 4.37. The third-order valence-electron chi connectivity index (χ3n) is 3.33. The van der Waals surface area contributed by atoms with E-state index in [1.807, 2.05) is 18.2 Å². The maximum absolute atomic E-state index is 6.28. The average molecular weight is 256 g/mol. The van der Waals surface area contributed by atoms with Crippen molar-refractivity contribution in [2.24, 2.45) is 11.7 Å². The Morgan fingerprint density at radius 2 is 2.12 bits per heavy atom. The molecule has 1 fully saturated rings. The largest absolute Gasteiger partial charge is 0.495 e. The van der Waals surface area contributed by atoms with E-state index in [-0.39, 0.29) is 6.04 Å². The highest BCUT2D eigenvalue weighted by molar-refractivity contribution is 6.32. The number of benzene rings is 1. The Labute approximate surface area is 107 Å². The normalized spacial score (nSPS) is 19.0. The second kappa shape index (κ2) is 5.71. The van der Waals surface area contributed by atoms with E-state index in [2.05, 4.69) is 0 Å². The summed E-state index contributed by atoms with van der Waals surface area (Å²) in [6.45, 7) is 1.62. The number of methoxy groups -OCH3 is 1. The highest BCUT2D eigenvalue weighted by Gasteiger charge is 2.22.